The Hall–Kier alpha value is -1.10. The summed E-state index contributed by atoms with van der Waals surface area (Å²) in [5.41, 5.74) is 2.77. The van der Waals surface area contributed by atoms with Gasteiger partial charge in [-0.3, -0.25) is 0 Å². The van der Waals surface area contributed by atoms with Gasteiger partial charge < -0.3 is 10.2 Å². The first-order valence-corrected chi connectivity index (χ1v) is 4.83. The van der Waals surface area contributed by atoms with Gasteiger partial charge in [-0.1, -0.05) is 0 Å². The number of thiazole rings is 1. The van der Waals surface area contributed by atoms with Gasteiger partial charge in [-0.05, 0) is 6.92 Å². The number of aryl methyl sites for hydroxylation is 1. The van der Waals surface area contributed by atoms with Gasteiger partial charge in [-0.15, -0.1) is 11.3 Å². The third kappa shape index (κ3) is 2.69. The molecule has 0 fully saturated rings. The molecular weight excluding hydrogens is 186 g/mol. The molecule has 0 unspecified atom stereocenters. The summed E-state index contributed by atoms with van der Waals surface area (Å²) in [6.07, 6.45) is 0. The molecule has 0 saturated heterocycles. The molecule has 0 radical (unpaired) electrons. The quantitative estimate of drug-likeness (QED) is 0.778. The van der Waals surface area contributed by atoms with Gasteiger partial charge in [-0.25, -0.2) is 9.78 Å². The van der Waals surface area contributed by atoms with Gasteiger partial charge in [0, 0.05) is 19.0 Å². The predicted molar refractivity (Wildman–Crippen MR) is 52.8 cm³/mol. The summed E-state index contributed by atoms with van der Waals surface area (Å²) in [5.74, 6) is 0. The number of amides is 2. The fourth-order valence-corrected chi connectivity index (χ4v) is 1.53. The van der Waals surface area contributed by atoms with Crippen molar-refractivity contribution >= 4 is 17.4 Å². The lowest BCUT2D eigenvalue weighted by Crippen LogP contribution is -2.33. The van der Waals surface area contributed by atoms with Crippen LogP contribution in [-0.2, 0) is 6.54 Å². The minimum absolute atomic E-state index is 0.0761. The Balaban J connectivity index is 2.44. The van der Waals surface area contributed by atoms with E-state index in [1.165, 1.54) is 4.90 Å². The molecule has 1 N–H and O–H groups in total. The van der Waals surface area contributed by atoms with Crippen LogP contribution in [0.3, 0.4) is 0 Å². The SMILES string of the molecule is Cc1ncsc1CNC(=O)N(C)C. The number of carbonyl (C=O) groups is 1. The molecule has 0 spiro atoms. The van der Waals surface area contributed by atoms with Crippen LogP contribution in [0.1, 0.15) is 10.6 Å². The molecule has 0 aliphatic rings. The Morgan fingerprint density at radius 2 is 2.38 bits per heavy atom. The Bertz CT molecular complexity index is 295. The molecule has 0 aliphatic heterocycles. The molecular formula is C8H13N3OS. The van der Waals surface area contributed by atoms with Crippen LogP contribution < -0.4 is 5.32 Å². The first kappa shape index (κ1) is 9.98. The summed E-state index contributed by atoms with van der Waals surface area (Å²) in [4.78, 5) is 17.9. The molecule has 1 rings (SSSR count). The normalized spacial score (nSPS) is 9.77. The number of urea groups is 1. The minimum atomic E-state index is -0.0761. The van der Waals surface area contributed by atoms with E-state index in [9.17, 15) is 4.79 Å². The number of nitrogens with zero attached hydrogens (tertiary/aromatic N) is 2. The van der Waals surface area contributed by atoms with Crippen molar-refractivity contribution in [3.05, 3.63) is 16.1 Å². The van der Waals surface area contributed by atoms with Crippen molar-refractivity contribution in [2.24, 2.45) is 0 Å². The van der Waals surface area contributed by atoms with E-state index in [2.05, 4.69) is 10.3 Å². The summed E-state index contributed by atoms with van der Waals surface area (Å²) in [5, 5.41) is 2.78. The molecule has 13 heavy (non-hydrogen) atoms. The average molecular weight is 199 g/mol. The molecule has 0 atom stereocenters. The van der Waals surface area contributed by atoms with E-state index in [-0.39, 0.29) is 6.03 Å². The third-order valence-corrected chi connectivity index (χ3v) is 2.59. The van der Waals surface area contributed by atoms with Crippen molar-refractivity contribution in [2.75, 3.05) is 14.1 Å². The highest BCUT2D eigenvalue weighted by Gasteiger charge is 2.05. The Kier molecular flexibility index (Phi) is 3.25. The molecule has 2 amide bonds. The largest absolute Gasteiger partial charge is 0.333 e. The monoisotopic (exact) mass is 199 g/mol. The number of rotatable bonds is 2. The minimum Gasteiger partial charge on any atom is -0.333 e. The summed E-state index contributed by atoms with van der Waals surface area (Å²) in [6, 6.07) is -0.0761. The lowest BCUT2D eigenvalue weighted by Gasteiger charge is -2.10. The Morgan fingerprint density at radius 3 is 2.85 bits per heavy atom. The third-order valence-electron chi connectivity index (χ3n) is 1.65. The second-order valence-corrected chi connectivity index (χ2v) is 3.85. The van der Waals surface area contributed by atoms with Crippen LogP contribution in [0.2, 0.25) is 0 Å². The predicted octanol–water partition coefficient (Wildman–Crippen LogP) is 1.22. The van der Waals surface area contributed by atoms with Crippen molar-refractivity contribution in [1.29, 1.82) is 0 Å². The first-order chi connectivity index (χ1) is 6.11. The summed E-state index contributed by atoms with van der Waals surface area (Å²) in [6.45, 7) is 2.50. The number of hydrogen-bond donors (Lipinski definition) is 1. The zero-order valence-electron chi connectivity index (χ0n) is 8.00. The van der Waals surface area contributed by atoms with Crippen molar-refractivity contribution in [3.63, 3.8) is 0 Å². The summed E-state index contributed by atoms with van der Waals surface area (Å²) in [7, 11) is 3.43. The smallest absolute Gasteiger partial charge is 0.317 e. The van der Waals surface area contributed by atoms with Crippen LogP contribution in [0, 0.1) is 6.92 Å². The summed E-state index contributed by atoms with van der Waals surface area (Å²) >= 11 is 1.56. The van der Waals surface area contributed by atoms with Crippen LogP contribution in [0.5, 0.6) is 0 Å². The van der Waals surface area contributed by atoms with Crippen LogP contribution in [0.4, 0.5) is 4.79 Å². The molecule has 0 saturated carbocycles. The van der Waals surface area contributed by atoms with Gasteiger partial charge in [-0.2, -0.15) is 0 Å². The van der Waals surface area contributed by atoms with Crippen molar-refractivity contribution in [2.45, 2.75) is 13.5 Å². The molecule has 5 heteroatoms. The fourth-order valence-electron chi connectivity index (χ4n) is 0.810. The van der Waals surface area contributed by atoms with Crippen LogP contribution in [0.15, 0.2) is 5.51 Å². The van der Waals surface area contributed by atoms with E-state index < -0.39 is 0 Å². The lowest BCUT2D eigenvalue weighted by atomic mass is 10.4. The maximum atomic E-state index is 11.1. The van der Waals surface area contributed by atoms with Crippen molar-refractivity contribution in [1.82, 2.24) is 15.2 Å². The number of carbonyl (C=O) groups excluding carboxylic acids is 1. The Morgan fingerprint density at radius 1 is 1.69 bits per heavy atom. The van der Waals surface area contributed by atoms with Crippen molar-refractivity contribution < 1.29 is 4.79 Å². The van der Waals surface area contributed by atoms with E-state index in [4.69, 9.17) is 0 Å². The molecule has 1 aromatic rings. The average Bonchev–Trinajstić information content (AvgIpc) is 2.47. The van der Waals surface area contributed by atoms with E-state index >= 15 is 0 Å². The highest BCUT2D eigenvalue weighted by molar-refractivity contribution is 7.09. The topological polar surface area (TPSA) is 45.2 Å². The number of nitrogens with one attached hydrogen (secondary N) is 1. The van der Waals surface area contributed by atoms with E-state index in [0.717, 1.165) is 10.6 Å². The molecule has 1 heterocycles. The lowest BCUT2D eigenvalue weighted by molar-refractivity contribution is 0.217. The summed E-state index contributed by atoms with van der Waals surface area (Å²) < 4.78 is 0. The molecule has 1 aromatic heterocycles. The number of hydrogen-bond acceptors (Lipinski definition) is 3. The van der Waals surface area contributed by atoms with Crippen LogP contribution in [-0.4, -0.2) is 30.0 Å². The van der Waals surface area contributed by atoms with E-state index in [1.807, 2.05) is 6.92 Å². The fraction of sp³-hybridized carbons (Fsp3) is 0.500. The van der Waals surface area contributed by atoms with Crippen LogP contribution >= 0.6 is 11.3 Å². The van der Waals surface area contributed by atoms with Gasteiger partial charge >= 0.3 is 6.03 Å². The standard InChI is InChI=1S/C8H13N3OS/c1-6-7(13-5-10-6)4-9-8(12)11(2)3/h5H,4H2,1-3H3,(H,9,12). The Labute approximate surface area is 81.6 Å². The zero-order valence-corrected chi connectivity index (χ0v) is 8.81. The van der Waals surface area contributed by atoms with Crippen LogP contribution in [0.25, 0.3) is 0 Å². The second-order valence-electron chi connectivity index (χ2n) is 2.91. The molecule has 0 aromatic carbocycles. The maximum absolute atomic E-state index is 11.1. The van der Waals surface area contributed by atoms with Gasteiger partial charge in [0.05, 0.1) is 17.7 Å². The van der Waals surface area contributed by atoms with E-state index in [0.29, 0.717) is 6.54 Å². The first-order valence-electron chi connectivity index (χ1n) is 3.95. The maximum Gasteiger partial charge on any atom is 0.317 e. The highest BCUT2D eigenvalue weighted by Crippen LogP contribution is 2.10. The molecule has 0 bridgehead atoms. The zero-order chi connectivity index (χ0) is 9.84. The van der Waals surface area contributed by atoms with Gasteiger partial charge in [0.2, 0.25) is 0 Å². The van der Waals surface area contributed by atoms with Gasteiger partial charge in [0.15, 0.2) is 0 Å². The molecule has 0 aliphatic carbocycles. The van der Waals surface area contributed by atoms with Crippen molar-refractivity contribution in [3.8, 4) is 0 Å². The molecule has 72 valence electrons. The van der Waals surface area contributed by atoms with Gasteiger partial charge in [0.1, 0.15) is 0 Å². The van der Waals surface area contributed by atoms with Gasteiger partial charge in [0.25, 0.3) is 0 Å². The van der Waals surface area contributed by atoms with E-state index in [1.54, 1.807) is 30.9 Å². The second kappa shape index (κ2) is 4.23. The number of aromatic nitrogens is 1. The highest BCUT2D eigenvalue weighted by atomic mass is 32.1. The molecule has 4 nitrogen and oxygen atoms in total.